The maximum absolute atomic E-state index is 13.8. The van der Waals surface area contributed by atoms with Gasteiger partial charge in [-0.15, -0.1) is 11.3 Å². The van der Waals surface area contributed by atoms with Gasteiger partial charge in [-0.1, -0.05) is 24.3 Å². The number of ether oxygens (including phenoxy) is 2. The van der Waals surface area contributed by atoms with Crippen molar-refractivity contribution in [3.8, 4) is 22.2 Å². The number of thiophene rings is 1. The van der Waals surface area contributed by atoms with Gasteiger partial charge in [0.25, 0.3) is 5.56 Å². The SMILES string of the molecule is COc1ccc(CCn2c(-c3cccs3)nc3c(c(=O)c4ccccc4n3C)c2=O)cc1OC. The second-order valence-corrected chi connectivity index (χ2v) is 8.86. The van der Waals surface area contributed by atoms with Crippen LogP contribution in [-0.2, 0) is 20.0 Å². The number of rotatable bonds is 6. The summed E-state index contributed by atoms with van der Waals surface area (Å²) in [6, 6.07) is 16.8. The zero-order chi connectivity index (χ0) is 23.8. The second-order valence-electron chi connectivity index (χ2n) is 7.91. The van der Waals surface area contributed by atoms with Crippen LogP contribution in [0.2, 0.25) is 0 Å². The number of para-hydroxylation sites is 1. The lowest BCUT2D eigenvalue weighted by Crippen LogP contribution is -2.29. The van der Waals surface area contributed by atoms with Gasteiger partial charge in [0.15, 0.2) is 23.0 Å². The highest BCUT2D eigenvalue weighted by Gasteiger charge is 2.19. The minimum atomic E-state index is -0.333. The van der Waals surface area contributed by atoms with Crippen LogP contribution >= 0.6 is 11.3 Å². The lowest BCUT2D eigenvalue weighted by atomic mass is 10.1. The van der Waals surface area contributed by atoms with E-state index in [0.717, 1.165) is 16.0 Å². The van der Waals surface area contributed by atoms with Crippen LogP contribution in [0.3, 0.4) is 0 Å². The number of pyridine rings is 1. The van der Waals surface area contributed by atoms with Crippen LogP contribution in [0.5, 0.6) is 11.5 Å². The number of hydrogen-bond donors (Lipinski definition) is 0. The summed E-state index contributed by atoms with van der Waals surface area (Å²) in [6.07, 6.45) is 0.555. The third kappa shape index (κ3) is 3.56. The number of fused-ring (bicyclic) bond motifs is 2. The van der Waals surface area contributed by atoms with E-state index in [4.69, 9.17) is 14.5 Å². The Morgan fingerprint density at radius 2 is 1.76 bits per heavy atom. The molecule has 0 atom stereocenters. The summed E-state index contributed by atoms with van der Waals surface area (Å²) >= 11 is 1.51. The molecule has 0 aliphatic rings. The van der Waals surface area contributed by atoms with E-state index in [1.165, 1.54) is 11.3 Å². The van der Waals surface area contributed by atoms with E-state index in [9.17, 15) is 9.59 Å². The fourth-order valence-corrected chi connectivity index (χ4v) is 4.99. The minimum Gasteiger partial charge on any atom is -0.493 e. The van der Waals surface area contributed by atoms with Crippen molar-refractivity contribution in [1.29, 1.82) is 0 Å². The standard InChI is InChI=1S/C26H23N3O4S/c1-28-18-8-5-4-7-17(18)23(30)22-25(28)27-24(21-9-6-14-34-21)29(26(22)31)13-12-16-10-11-19(32-2)20(15-16)33-3/h4-11,14-15H,12-13H2,1-3H3. The minimum absolute atomic E-state index is 0.105. The monoisotopic (exact) mass is 473 g/mol. The van der Waals surface area contributed by atoms with Crippen molar-refractivity contribution < 1.29 is 9.47 Å². The molecule has 0 saturated heterocycles. The van der Waals surface area contributed by atoms with Crippen LogP contribution in [0.25, 0.3) is 32.6 Å². The van der Waals surface area contributed by atoms with Gasteiger partial charge in [0.1, 0.15) is 5.39 Å². The van der Waals surface area contributed by atoms with Crippen LogP contribution in [-0.4, -0.2) is 28.3 Å². The van der Waals surface area contributed by atoms with E-state index in [1.807, 2.05) is 59.5 Å². The van der Waals surface area contributed by atoms with Gasteiger partial charge in [0.05, 0.1) is 24.6 Å². The number of aryl methyl sites for hydroxylation is 2. The van der Waals surface area contributed by atoms with E-state index in [0.29, 0.717) is 41.3 Å². The van der Waals surface area contributed by atoms with Crippen LogP contribution in [0, 0.1) is 0 Å². The number of nitrogens with zero attached hydrogens (tertiary/aromatic N) is 3. The highest BCUT2D eigenvalue weighted by molar-refractivity contribution is 7.13. The molecule has 0 bridgehead atoms. The Morgan fingerprint density at radius 3 is 2.50 bits per heavy atom. The van der Waals surface area contributed by atoms with Gasteiger partial charge < -0.3 is 14.0 Å². The number of aromatic nitrogens is 3. The average Bonchev–Trinajstić information content (AvgIpc) is 3.41. The molecule has 0 spiro atoms. The average molecular weight is 474 g/mol. The predicted molar refractivity (Wildman–Crippen MR) is 135 cm³/mol. The van der Waals surface area contributed by atoms with Gasteiger partial charge in [-0.3, -0.25) is 14.2 Å². The molecule has 8 heteroatoms. The maximum Gasteiger partial charge on any atom is 0.267 e. The highest BCUT2D eigenvalue weighted by Crippen LogP contribution is 2.28. The third-order valence-electron chi connectivity index (χ3n) is 6.02. The van der Waals surface area contributed by atoms with Crippen molar-refractivity contribution in [2.24, 2.45) is 7.05 Å². The molecule has 0 saturated carbocycles. The highest BCUT2D eigenvalue weighted by atomic mass is 32.1. The van der Waals surface area contributed by atoms with Crippen molar-refractivity contribution >= 4 is 33.3 Å². The fourth-order valence-electron chi connectivity index (χ4n) is 4.27. The molecule has 0 aliphatic carbocycles. The van der Waals surface area contributed by atoms with Crippen molar-refractivity contribution in [3.63, 3.8) is 0 Å². The van der Waals surface area contributed by atoms with Gasteiger partial charge in [-0.05, 0) is 47.7 Å². The molecule has 5 aromatic rings. The summed E-state index contributed by atoms with van der Waals surface area (Å²) in [7, 11) is 5.02. The Kier molecular flexibility index (Phi) is 5.67. The molecule has 0 fully saturated rings. The first-order valence-electron chi connectivity index (χ1n) is 10.8. The van der Waals surface area contributed by atoms with Crippen molar-refractivity contribution in [2.75, 3.05) is 14.2 Å². The lowest BCUT2D eigenvalue weighted by Gasteiger charge is -2.16. The Balaban J connectivity index is 1.70. The molecule has 3 aromatic heterocycles. The predicted octanol–water partition coefficient (Wildman–Crippen LogP) is 4.24. The quantitative estimate of drug-likeness (QED) is 0.345. The molecule has 5 rings (SSSR count). The van der Waals surface area contributed by atoms with Gasteiger partial charge in [-0.2, -0.15) is 0 Å². The molecule has 2 aromatic carbocycles. The molecule has 34 heavy (non-hydrogen) atoms. The molecule has 0 aliphatic heterocycles. The molecule has 0 N–H and O–H groups in total. The molecule has 0 amide bonds. The second kappa shape index (κ2) is 8.79. The Hall–Kier alpha value is -3.91. The van der Waals surface area contributed by atoms with E-state index >= 15 is 0 Å². The first kappa shape index (κ1) is 21.9. The molecule has 3 heterocycles. The van der Waals surface area contributed by atoms with Crippen molar-refractivity contribution in [3.05, 3.63) is 86.1 Å². The van der Waals surface area contributed by atoms with Crippen LogP contribution in [0.4, 0.5) is 0 Å². The normalized spacial score (nSPS) is 11.3. The molecule has 0 radical (unpaired) electrons. The largest absolute Gasteiger partial charge is 0.493 e. The fraction of sp³-hybridized carbons (Fsp3) is 0.192. The zero-order valence-electron chi connectivity index (χ0n) is 19.1. The van der Waals surface area contributed by atoms with E-state index < -0.39 is 0 Å². The number of hydrogen-bond acceptors (Lipinski definition) is 6. The van der Waals surface area contributed by atoms with Gasteiger partial charge in [-0.25, -0.2) is 4.98 Å². The van der Waals surface area contributed by atoms with Crippen molar-refractivity contribution in [1.82, 2.24) is 14.1 Å². The molecule has 172 valence electrons. The van der Waals surface area contributed by atoms with Gasteiger partial charge >= 0.3 is 0 Å². The van der Waals surface area contributed by atoms with Gasteiger partial charge in [0.2, 0.25) is 5.43 Å². The lowest BCUT2D eigenvalue weighted by molar-refractivity contribution is 0.354. The summed E-state index contributed by atoms with van der Waals surface area (Å²) in [5.74, 6) is 1.83. The summed E-state index contributed by atoms with van der Waals surface area (Å²) in [5, 5.41) is 2.56. The maximum atomic E-state index is 13.8. The molecular formula is C26H23N3O4S. The topological polar surface area (TPSA) is 75.4 Å². The smallest absolute Gasteiger partial charge is 0.267 e. The first-order chi connectivity index (χ1) is 16.5. The molecule has 7 nitrogen and oxygen atoms in total. The summed E-state index contributed by atoms with van der Waals surface area (Å²) < 4.78 is 14.2. The van der Waals surface area contributed by atoms with Crippen LogP contribution in [0.15, 0.2) is 69.6 Å². The third-order valence-corrected chi connectivity index (χ3v) is 6.88. The number of methoxy groups -OCH3 is 2. The van der Waals surface area contributed by atoms with E-state index in [1.54, 1.807) is 30.9 Å². The summed E-state index contributed by atoms with van der Waals surface area (Å²) in [5.41, 5.74) is 1.48. The van der Waals surface area contributed by atoms with Gasteiger partial charge in [0, 0.05) is 19.0 Å². The summed E-state index contributed by atoms with van der Waals surface area (Å²) in [6.45, 7) is 0.362. The van der Waals surface area contributed by atoms with E-state index in [-0.39, 0.29) is 16.4 Å². The summed E-state index contributed by atoms with van der Waals surface area (Å²) in [4.78, 5) is 32.8. The van der Waals surface area contributed by atoms with Crippen LogP contribution < -0.4 is 20.5 Å². The van der Waals surface area contributed by atoms with Crippen molar-refractivity contribution in [2.45, 2.75) is 13.0 Å². The molecule has 0 unspecified atom stereocenters. The van der Waals surface area contributed by atoms with Crippen LogP contribution in [0.1, 0.15) is 5.56 Å². The van der Waals surface area contributed by atoms with E-state index in [2.05, 4.69) is 0 Å². The number of benzene rings is 2. The Morgan fingerprint density at radius 1 is 0.971 bits per heavy atom. The zero-order valence-corrected chi connectivity index (χ0v) is 19.9. The molecular weight excluding hydrogens is 450 g/mol. The Labute approximate surface area is 199 Å². The first-order valence-corrected chi connectivity index (χ1v) is 11.7. The Bertz CT molecular complexity index is 1630.